The smallest absolute Gasteiger partial charge is 0.264 e. The van der Waals surface area contributed by atoms with Crippen molar-refractivity contribution in [2.45, 2.75) is 50.2 Å². The van der Waals surface area contributed by atoms with Gasteiger partial charge in [-0.2, -0.15) is 0 Å². The van der Waals surface area contributed by atoms with Crippen molar-refractivity contribution in [1.29, 1.82) is 0 Å². The molecule has 2 aliphatic rings. The summed E-state index contributed by atoms with van der Waals surface area (Å²) in [5, 5.41) is 8.60. The number of aryl methyl sites for hydroxylation is 1. The predicted octanol–water partition coefficient (Wildman–Crippen LogP) is 4.20. The number of fused-ring (bicyclic) bond motifs is 1. The van der Waals surface area contributed by atoms with Gasteiger partial charge in [-0.25, -0.2) is 13.1 Å². The van der Waals surface area contributed by atoms with E-state index in [1.165, 1.54) is 22.7 Å². The lowest BCUT2D eigenvalue weighted by Crippen LogP contribution is -2.45. The molecule has 0 saturated heterocycles. The van der Waals surface area contributed by atoms with Crippen molar-refractivity contribution in [1.82, 2.24) is 15.0 Å². The molecule has 7 nitrogen and oxygen atoms in total. The van der Waals surface area contributed by atoms with E-state index in [2.05, 4.69) is 16.4 Å². The van der Waals surface area contributed by atoms with Crippen LogP contribution in [0.5, 0.6) is 5.75 Å². The molecule has 0 radical (unpaired) electrons. The number of sulfonamides is 1. The minimum atomic E-state index is -3.73. The standard InChI is InChI=1S/C24H26N4O3S/c1-18-11-13-21(14-12-18)32(29,30)28-16-20(31-24-10-6-5-9-23(24)28)15-27-17-22(25-26-27)19-7-3-2-4-8-19/h5-7,9-14,17,20H,2-4,8,15-16H2,1H3. The molecule has 5 rings (SSSR count). The maximum Gasteiger partial charge on any atom is 0.264 e. The van der Waals surface area contributed by atoms with Crippen LogP contribution in [0, 0.1) is 6.92 Å². The van der Waals surface area contributed by atoms with Gasteiger partial charge in [-0.15, -0.1) is 5.10 Å². The summed E-state index contributed by atoms with van der Waals surface area (Å²) in [5.41, 5.74) is 3.70. The lowest BCUT2D eigenvalue weighted by Gasteiger charge is -2.35. The molecule has 1 aliphatic carbocycles. The third-order valence-electron chi connectivity index (χ3n) is 5.96. The van der Waals surface area contributed by atoms with E-state index in [1.54, 1.807) is 28.9 Å². The molecule has 1 atom stereocenters. The summed E-state index contributed by atoms with van der Waals surface area (Å²) in [6.07, 6.45) is 8.28. The van der Waals surface area contributed by atoms with Gasteiger partial charge in [-0.3, -0.25) is 4.31 Å². The number of ether oxygens (including phenoxy) is 1. The molecule has 0 fully saturated rings. The Kier molecular flexibility index (Phi) is 5.46. The van der Waals surface area contributed by atoms with Crippen LogP contribution in [0.4, 0.5) is 5.69 Å². The summed E-state index contributed by atoms with van der Waals surface area (Å²) < 4.78 is 36.4. The van der Waals surface area contributed by atoms with Gasteiger partial charge in [0.25, 0.3) is 10.0 Å². The summed E-state index contributed by atoms with van der Waals surface area (Å²) in [4.78, 5) is 0.269. The predicted molar refractivity (Wildman–Crippen MR) is 123 cm³/mol. The van der Waals surface area contributed by atoms with Crippen molar-refractivity contribution >= 4 is 21.3 Å². The van der Waals surface area contributed by atoms with Crippen LogP contribution >= 0.6 is 0 Å². The molecule has 2 heterocycles. The van der Waals surface area contributed by atoms with E-state index in [4.69, 9.17) is 4.74 Å². The number of nitrogens with zero attached hydrogens (tertiary/aromatic N) is 4. The fourth-order valence-electron chi connectivity index (χ4n) is 4.24. The molecular formula is C24H26N4O3S. The molecule has 0 spiro atoms. The van der Waals surface area contributed by atoms with Gasteiger partial charge < -0.3 is 4.74 Å². The number of hydrogen-bond acceptors (Lipinski definition) is 5. The zero-order chi connectivity index (χ0) is 22.1. The van der Waals surface area contributed by atoms with E-state index >= 15 is 0 Å². The van der Waals surface area contributed by atoms with Gasteiger partial charge in [0.2, 0.25) is 0 Å². The van der Waals surface area contributed by atoms with E-state index in [0.29, 0.717) is 18.0 Å². The number of hydrogen-bond donors (Lipinski definition) is 0. The third-order valence-corrected chi connectivity index (χ3v) is 7.75. The SMILES string of the molecule is Cc1ccc(S(=O)(=O)N2CC(Cn3cc(C4=CCCCC4)nn3)Oc3ccccc32)cc1. The van der Waals surface area contributed by atoms with Gasteiger partial charge in [-0.05, 0) is 62.4 Å². The Balaban J connectivity index is 1.42. The fourth-order valence-corrected chi connectivity index (χ4v) is 5.74. The molecule has 2 aromatic carbocycles. The van der Waals surface area contributed by atoms with Crippen LogP contribution in [0.1, 0.15) is 36.9 Å². The largest absolute Gasteiger partial charge is 0.484 e. The first-order chi connectivity index (χ1) is 15.5. The highest BCUT2D eigenvalue weighted by Gasteiger charge is 2.34. The van der Waals surface area contributed by atoms with E-state index in [0.717, 1.165) is 24.1 Å². The van der Waals surface area contributed by atoms with Crippen LogP contribution in [0.25, 0.3) is 5.57 Å². The van der Waals surface area contributed by atoms with Gasteiger partial charge in [0.15, 0.2) is 0 Å². The highest BCUT2D eigenvalue weighted by Crippen LogP contribution is 2.37. The van der Waals surface area contributed by atoms with Crippen molar-refractivity contribution in [3.63, 3.8) is 0 Å². The van der Waals surface area contributed by atoms with E-state index in [1.807, 2.05) is 37.4 Å². The molecule has 0 saturated carbocycles. The number of para-hydroxylation sites is 2. The van der Waals surface area contributed by atoms with Crippen molar-refractivity contribution in [2.75, 3.05) is 10.8 Å². The van der Waals surface area contributed by atoms with E-state index < -0.39 is 10.0 Å². The maximum atomic E-state index is 13.5. The first kappa shape index (κ1) is 20.8. The molecule has 1 unspecified atom stereocenters. The number of benzene rings is 2. The highest BCUT2D eigenvalue weighted by molar-refractivity contribution is 7.92. The molecule has 1 aromatic heterocycles. The van der Waals surface area contributed by atoms with E-state index in [-0.39, 0.29) is 17.5 Å². The van der Waals surface area contributed by atoms with Crippen LogP contribution in [0.15, 0.2) is 65.7 Å². The van der Waals surface area contributed by atoms with Crippen LogP contribution in [0.2, 0.25) is 0 Å². The molecule has 0 amide bonds. The molecule has 0 N–H and O–H groups in total. The third kappa shape index (κ3) is 4.02. The second-order valence-corrected chi connectivity index (χ2v) is 10.2. The number of anilines is 1. The lowest BCUT2D eigenvalue weighted by atomic mass is 9.98. The second-order valence-electron chi connectivity index (χ2n) is 8.36. The molecule has 32 heavy (non-hydrogen) atoms. The van der Waals surface area contributed by atoms with Crippen LogP contribution in [-0.4, -0.2) is 36.1 Å². The van der Waals surface area contributed by atoms with Crippen molar-refractivity contribution in [3.8, 4) is 5.75 Å². The number of rotatable bonds is 5. The monoisotopic (exact) mass is 450 g/mol. The normalized spacial score (nSPS) is 18.6. The number of allylic oxidation sites excluding steroid dienone is 2. The summed E-state index contributed by atoms with van der Waals surface area (Å²) in [6.45, 7) is 2.55. The zero-order valence-electron chi connectivity index (χ0n) is 18.0. The van der Waals surface area contributed by atoms with Gasteiger partial charge in [0.1, 0.15) is 17.5 Å². The van der Waals surface area contributed by atoms with Crippen LogP contribution < -0.4 is 9.04 Å². The molecule has 3 aromatic rings. The molecule has 166 valence electrons. The molecule has 1 aliphatic heterocycles. The average molecular weight is 451 g/mol. The summed E-state index contributed by atoms with van der Waals surface area (Å²) >= 11 is 0. The van der Waals surface area contributed by atoms with Crippen LogP contribution in [-0.2, 0) is 16.6 Å². The van der Waals surface area contributed by atoms with Crippen molar-refractivity contribution in [3.05, 3.63) is 72.1 Å². The van der Waals surface area contributed by atoms with Gasteiger partial charge >= 0.3 is 0 Å². The minimum absolute atomic E-state index is 0.200. The summed E-state index contributed by atoms with van der Waals surface area (Å²) in [7, 11) is -3.73. The maximum absolute atomic E-state index is 13.5. The molecule has 8 heteroatoms. The van der Waals surface area contributed by atoms with E-state index in [9.17, 15) is 8.42 Å². The Morgan fingerprint density at radius 3 is 2.69 bits per heavy atom. The Morgan fingerprint density at radius 1 is 1.09 bits per heavy atom. The fraction of sp³-hybridized carbons (Fsp3) is 0.333. The first-order valence-electron chi connectivity index (χ1n) is 11.0. The number of aromatic nitrogens is 3. The van der Waals surface area contributed by atoms with Gasteiger partial charge in [-0.1, -0.05) is 41.1 Å². The Bertz CT molecular complexity index is 1250. The van der Waals surface area contributed by atoms with Crippen LogP contribution in [0.3, 0.4) is 0 Å². The average Bonchev–Trinajstić information content (AvgIpc) is 3.28. The van der Waals surface area contributed by atoms with Gasteiger partial charge in [0.05, 0.1) is 29.9 Å². The van der Waals surface area contributed by atoms with Crippen molar-refractivity contribution in [2.24, 2.45) is 0 Å². The highest BCUT2D eigenvalue weighted by atomic mass is 32.2. The second kappa shape index (κ2) is 8.43. The Hall–Kier alpha value is -3.13. The summed E-state index contributed by atoms with van der Waals surface area (Å²) in [5.74, 6) is 0.551. The van der Waals surface area contributed by atoms with Crippen molar-refractivity contribution < 1.29 is 13.2 Å². The van der Waals surface area contributed by atoms with Gasteiger partial charge in [0, 0.05) is 0 Å². The Morgan fingerprint density at radius 2 is 1.91 bits per heavy atom. The zero-order valence-corrected chi connectivity index (χ0v) is 18.8. The first-order valence-corrected chi connectivity index (χ1v) is 12.4. The lowest BCUT2D eigenvalue weighted by molar-refractivity contribution is 0.173. The quantitative estimate of drug-likeness (QED) is 0.582. The summed E-state index contributed by atoms with van der Waals surface area (Å²) in [6, 6.07) is 14.2. The molecule has 0 bridgehead atoms. The Labute approximate surface area is 188 Å². The topological polar surface area (TPSA) is 77.3 Å². The molecular weight excluding hydrogens is 424 g/mol. The minimum Gasteiger partial charge on any atom is -0.484 e.